The zero-order chi connectivity index (χ0) is 21.0. The molecule has 3 N–H and O–H groups in total. The van der Waals surface area contributed by atoms with Gasteiger partial charge in [0.15, 0.2) is 0 Å². The molecule has 0 aliphatic heterocycles. The third-order valence-corrected chi connectivity index (χ3v) is 11.9. The van der Waals surface area contributed by atoms with Crippen molar-refractivity contribution in [2.24, 2.45) is 44.8 Å². The third kappa shape index (κ3) is 2.11. The minimum absolute atomic E-state index is 0.0824. The molecule has 0 bridgehead atoms. The van der Waals surface area contributed by atoms with Crippen LogP contribution in [0.5, 0.6) is 0 Å². The average molecular weight is 401 g/mol. The Morgan fingerprint density at radius 2 is 1.69 bits per heavy atom. The van der Waals surface area contributed by atoms with E-state index in [0.29, 0.717) is 34.2 Å². The van der Waals surface area contributed by atoms with Crippen LogP contribution in [0.3, 0.4) is 0 Å². The maximum absolute atomic E-state index is 11.2. The van der Waals surface area contributed by atoms with Crippen LogP contribution in [-0.4, -0.2) is 37.4 Å². The van der Waals surface area contributed by atoms with Gasteiger partial charge in [0, 0.05) is 18.0 Å². The molecule has 164 valence electrons. The van der Waals surface area contributed by atoms with E-state index in [1.165, 1.54) is 32.1 Å². The summed E-state index contributed by atoms with van der Waals surface area (Å²) in [7, 11) is 4.21. The fourth-order valence-corrected chi connectivity index (χ4v) is 10.3. The van der Waals surface area contributed by atoms with Crippen molar-refractivity contribution in [1.82, 2.24) is 10.6 Å². The Morgan fingerprint density at radius 1 is 1.00 bits per heavy atom. The highest BCUT2D eigenvalue weighted by Gasteiger charge is 2.81. The molecule has 5 rings (SSSR count). The molecule has 0 radical (unpaired) electrons. The van der Waals surface area contributed by atoms with Crippen molar-refractivity contribution in [2.75, 3.05) is 14.1 Å². The first-order chi connectivity index (χ1) is 13.5. The highest BCUT2D eigenvalue weighted by Crippen LogP contribution is 2.87. The molecular formula is C26H44N2O. The molecule has 5 aliphatic carbocycles. The highest BCUT2D eigenvalue weighted by molar-refractivity contribution is 5.39. The van der Waals surface area contributed by atoms with Crippen molar-refractivity contribution in [3.8, 4) is 0 Å². The van der Waals surface area contributed by atoms with Crippen LogP contribution < -0.4 is 10.6 Å². The Kier molecular flexibility index (Phi) is 4.17. The maximum atomic E-state index is 11.2. The van der Waals surface area contributed by atoms with E-state index in [1.54, 1.807) is 0 Å². The molecule has 2 spiro atoms. The Balaban J connectivity index is 1.57. The summed E-state index contributed by atoms with van der Waals surface area (Å²) >= 11 is 0. The van der Waals surface area contributed by atoms with Crippen LogP contribution in [0, 0.1) is 44.8 Å². The van der Waals surface area contributed by atoms with E-state index < -0.39 is 0 Å². The monoisotopic (exact) mass is 400 g/mol. The Bertz CT molecular complexity index is 732. The van der Waals surface area contributed by atoms with Gasteiger partial charge in [-0.2, -0.15) is 0 Å². The van der Waals surface area contributed by atoms with E-state index in [2.05, 4.69) is 64.5 Å². The van der Waals surface area contributed by atoms with Crippen molar-refractivity contribution < 1.29 is 5.11 Å². The summed E-state index contributed by atoms with van der Waals surface area (Å²) in [6.45, 7) is 12.3. The maximum Gasteiger partial charge on any atom is 0.0597 e. The number of nitrogens with one attached hydrogen (secondary N) is 2. The number of hydrogen-bond donors (Lipinski definition) is 3. The van der Waals surface area contributed by atoms with Crippen LogP contribution >= 0.6 is 0 Å². The number of allylic oxidation sites excluding steroid dienone is 2. The second kappa shape index (κ2) is 5.90. The summed E-state index contributed by atoms with van der Waals surface area (Å²) in [6.07, 6.45) is 12.9. The molecule has 4 saturated carbocycles. The van der Waals surface area contributed by atoms with Crippen LogP contribution in [0.4, 0.5) is 0 Å². The van der Waals surface area contributed by atoms with Gasteiger partial charge in [0.1, 0.15) is 0 Å². The van der Waals surface area contributed by atoms with Crippen molar-refractivity contribution in [1.29, 1.82) is 0 Å². The molecule has 0 aromatic carbocycles. The first kappa shape index (κ1) is 20.5. The van der Waals surface area contributed by atoms with Gasteiger partial charge in [0.2, 0.25) is 0 Å². The number of aliphatic hydroxyl groups excluding tert-OH is 1. The van der Waals surface area contributed by atoms with E-state index >= 15 is 0 Å². The lowest BCUT2D eigenvalue weighted by Crippen LogP contribution is -2.58. The van der Waals surface area contributed by atoms with E-state index in [4.69, 9.17) is 0 Å². The smallest absolute Gasteiger partial charge is 0.0597 e. The summed E-state index contributed by atoms with van der Waals surface area (Å²) in [5.74, 6) is 1.86. The van der Waals surface area contributed by atoms with Gasteiger partial charge in [0.25, 0.3) is 0 Å². The van der Waals surface area contributed by atoms with Crippen LogP contribution in [0.2, 0.25) is 0 Å². The largest absolute Gasteiger partial charge is 0.393 e. The Morgan fingerprint density at radius 3 is 2.34 bits per heavy atom. The zero-order valence-electron chi connectivity index (χ0n) is 19.8. The molecule has 0 amide bonds. The van der Waals surface area contributed by atoms with Gasteiger partial charge in [-0.15, -0.1) is 0 Å². The predicted molar refractivity (Wildman–Crippen MR) is 120 cm³/mol. The normalized spacial score (nSPS) is 58.0. The van der Waals surface area contributed by atoms with Gasteiger partial charge >= 0.3 is 0 Å². The predicted octanol–water partition coefficient (Wildman–Crippen LogP) is 4.37. The molecule has 10 atom stereocenters. The van der Waals surface area contributed by atoms with Gasteiger partial charge in [-0.1, -0.05) is 39.8 Å². The van der Waals surface area contributed by atoms with Crippen molar-refractivity contribution >= 4 is 0 Å². The molecule has 4 fully saturated rings. The molecule has 0 aromatic rings. The molecule has 5 aliphatic rings. The van der Waals surface area contributed by atoms with Gasteiger partial charge in [-0.3, -0.25) is 0 Å². The first-order valence-corrected chi connectivity index (χ1v) is 12.3. The molecule has 3 nitrogen and oxygen atoms in total. The fraction of sp³-hybridized carbons (Fsp3) is 0.923. The Hall–Kier alpha value is -0.380. The van der Waals surface area contributed by atoms with Gasteiger partial charge in [-0.25, -0.2) is 0 Å². The molecule has 0 saturated heterocycles. The highest BCUT2D eigenvalue weighted by atomic mass is 16.3. The van der Waals surface area contributed by atoms with E-state index in [-0.39, 0.29) is 16.9 Å². The number of fused-ring (bicyclic) bond motifs is 2. The standard InChI is InChI=1S/C26H44N2O/c1-16(27-6)21-17(29)14-24(5)19-9-8-18-22(2,3)20(28-7)10-11-25(18)15-26(19,25)13-12-23(21,24)4/h12-13,16-21,27-29H,8-11,14-15H2,1-7H3/t16-,17+,18-,19-,20+,21-,23+,24-,25+,26-/m0/s1. The number of rotatable bonds is 3. The van der Waals surface area contributed by atoms with Crippen LogP contribution in [0.15, 0.2) is 12.2 Å². The number of hydrogen-bond acceptors (Lipinski definition) is 3. The minimum Gasteiger partial charge on any atom is -0.393 e. The third-order valence-electron chi connectivity index (χ3n) is 11.9. The average Bonchev–Trinajstić information content (AvgIpc) is 3.26. The summed E-state index contributed by atoms with van der Waals surface area (Å²) in [4.78, 5) is 0. The van der Waals surface area contributed by atoms with E-state index in [9.17, 15) is 5.11 Å². The van der Waals surface area contributed by atoms with Gasteiger partial charge in [0.05, 0.1) is 6.10 Å². The molecule has 3 heteroatoms. The minimum atomic E-state index is -0.198. The molecule has 0 aromatic heterocycles. The topological polar surface area (TPSA) is 44.3 Å². The summed E-state index contributed by atoms with van der Waals surface area (Å²) in [6, 6.07) is 0.986. The summed E-state index contributed by atoms with van der Waals surface area (Å²) in [5, 5.41) is 18.4. The molecule has 0 heterocycles. The van der Waals surface area contributed by atoms with Gasteiger partial charge < -0.3 is 15.7 Å². The van der Waals surface area contributed by atoms with Crippen LogP contribution in [0.1, 0.15) is 73.1 Å². The van der Waals surface area contributed by atoms with Crippen LogP contribution in [0.25, 0.3) is 0 Å². The quantitative estimate of drug-likeness (QED) is 0.617. The second-order valence-corrected chi connectivity index (χ2v) is 12.7. The Labute approximate surface area is 178 Å². The lowest BCUT2D eigenvalue weighted by molar-refractivity contribution is -0.0896. The van der Waals surface area contributed by atoms with Crippen molar-refractivity contribution in [2.45, 2.75) is 91.3 Å². The molecular weight excluding hydrogens is 356 g/mol. The summed E-state index contributed by atoms with van der Waals surface area (Å²) in [5.41, 5.74) is 1.58. The summed E-state index contributed by atoms with van der Waals surface area (Å²) < 4.78 is 0. The lowest BCUT2D eigenvalue weighted by Gasteiger charge is -2.61. The second-order valence-electron chi connectivity index (χ2n) is 12.7. The lowest BCUT2D eigenvalue weighted by atomic mass is 9.44. The molecule has 29 heavy (non-hydrogen) atoms. The zero-order valence-corrected chi connectivity index (χ0v) is 19.8. The van der Waals surface area contributed by atoms with E-state index in [1.807, 2.05) is 7.05 Å². The van der Waals surface area contributed by atoms with Crippen molar-refractivity contribution in [3.63, 3.8) is 0 Å². The molecule has 0 unspecified atom stereocenters. The SMILES string of the molecule is CN[C@@H](C)[C@H]1[C@H](O)C[C@@]2(C)[C@@H]3CC[C@H]4C(C)(C)[C@H](NC)CC[C@@]45C[C@@]35C=C[C@]12C. The van der Waals surface area contributed by atoms with E-state index in [0.717, 1.165) is 18.3 Å². The van der Waals surface area contributed by atoms with Crippen molar-refractivity contribution in [3.05, 3.63) is 12.2 Å². The first-order valence-electron chi connectivity index (χ1n) is 12.3. The number of aliphatic hydroxyl groups is 1. The van der Waals surface area contributed by atoms with Gasteiger partial charge in [-0.05, 0) is 98.5 Å². The van der Waals surface area contributed by atoms with Crippen LogP contribution in [-0.2, 0) is 0 Å². The fourth-order valence-electron chi connectivity index (χ4n) is 10.3.